The maximum Gasteiger partial charge on any atom is 0.267 e. The Balaban J connectivity index is 1.41. The van der Waals surface area contributed by atoms with Gasteiger partial charge in [0.1, 0.15) is 15.8 Å². The molecule has 4 heterocycles. The molecule has 0 atom stereocenters. The largest absolute Gasteiger partial charge is 0.353 e. The molecule has 1 aromatic carbocycles. The molecule has 2 fully saturated rings. The number of aromatic nitrogens is 2. The number of unbranched alkanes of at least 4 members (excludes halogenated alkanes) is 3. The minimum absolute atomic E-state index is 0.118. The average Bonchev–Trinajstić information content (AvgIpc) is 3.21. The first-order valence-corrected chi connectivity index (χ1v) is 14.6. The Morgan fingerprint density at radius 3 is 2.50 bits per heavy atom. The van der Waals surface area contributed by atoms with E-state index in [-0.39, 0.29) is 11.5 Å². The van der Waals surface area contributed by atoms with Crippen LogP contribution in [0.25, 0.3) is 11.7 Å². The van der Waals surface area contributed by atoms with E-state index in [2.05, 4.69) is 41.0 Å². The fraction of sp³-hybridized carbons (Fsp3) is 0.379. The highest BCUT2D eigenvalue weighted by molar-refractivity contribution is 8.26. The highest BCUT2D eigenvalue weighted by Crippen LogP contribution is 2.34. The predicted octanol–water partition coefficient (Wildman–Crippen LogP) is 4.80. The number of carbonyl (C=O) groups excluding carboxylic acids is 1. The smallest absolute Gasteiger partial charge is 0.267 e. The summed E-state index contributed by atoms with van der Waals surface area (Å²) >= 11 is 6.81. The number of pyridine rings is 1. The number of anilines is 1. The second kappa shape index (κ2) is 12.2. The number of hydrogen-bond donors (Lipinski definition) is 0. The molecule has 3 aromatic rings. The quantitative estimate of drug-likeness (QED) is 0.217. The summed E-state index contributed by atoms with van der Waals surface area (Å²) in [6.45, 7) is 6.92. The number of piperazine rings is 1. The molecule has 1 amide bonds. The highest BCUT2D eigenvalue weighted by atomic mass is 32.2. The van der Waals surface area contributed by atoms with E-state index in [1.54, 1.807) is 21.6 Å². The van der Waals surface area contributed by atoms with Gasteiger partial charge in [-0.2, -0.15) is 0 Å². The SMILES string of the molecule is CCCCCCN1C(=O)C(=Cc2c(N3CCN(Cc4ccccc4)CC3)nc3ccccn3c2=O)SC1=S. The van der Waals surface area contributed by atoms with Crippen LogP contribution in [-0.4, -0.2) is 62.1 Å². The fourth-order valence-electron chi connectivity index (χ4n) is 4.94. The molecule has 0 unspecified atom stereocenters. The summed E-state index contributed by atoms with van der Waals surface area (Å²) in [4.78, 5) is 38.6. The van der Waals surface area contributed by atoms with Crippen molar-refractivity contribution in [3.05, 3.63) is 81.1 Å². The van der Waals surface area contributed by atoms with Crippen molar-refractivity contribution in [2.24, 2.45) is 0 Å². The third-order valence-electron chi connectivity index (χ3n) is 7.05. The summed E-state index contributed by atoms with van der Waals surface area (Å²) in [5, 5.41) is 0. The second-order valence-corrected chi connectivity index (χ2v) is 11.4. The van der Waals surface area contributed by atoms with Crippen molar-refractivity contribution < 1.29 is 4.79 Å². The highest BCUT2D eigenvalue weighted by Gasteiger charge is 2.33. The molecule has 38 heavy (non-hydrogen) atoms. The Bertz CT molecular complexity index is 1400. The molecule has 2 aliphatic rings. The molecular formula is C29H33N5O2S2. The fourth-order valence-corrected chi connectivity index (χ4v) is 6.23. The lowest BCUT2D eigenvalue weighted by Crippen LogP contribution is -2.47. The normalized spacial score (nSPS) is 17.8. The van der Waals surface area contributed by atoms with Crippen molar-refractivity contribution >= 4 is 51.7 Å². The van der Waals surface area contributed by atoms with Crippen LogP contribution in [0, 0.1) is 0 Å². The zero-order valence-electron chi connectivity index (χ0n) is 21.7. The molecule has 2 saturated heterocycles. The summed E-state index contributed by atoms with van der Waals surface area (Å²) in [5.41, 5.74) is 2.16. The van der Waals surface area contributed by atoms with Gasteiger partial charge in [-0.3, -0.25) is 23.8 Å². The van der Waals surface area contributed by atoms with Gasteiger partial charge < -0.3 is 4.90 Å². The van der Waals surface area contributed by atoms with Crippen LogP contribution in [0.2, 0.25) is 0 Å². The maximum absolute atomic E-state index is 13.7. The van der Waals surface area contributed by atoms with E-state index in [1.807, 2.05) is 24.3 Å². The van der Waals surface area contributed by atoms with Crippen molar-refractivity contribution in [1.82, 2.24) is 19.2 Å². The number of nitrogens with zero attached hydrogens (tertiary/aromatic N) is 5. The first-order chi connectivity index (χ1) is 18.5. The van der Waals surface area contributed by atoms with Gasteiger partial charge in [0.05, 0.1) is 10.5 Å². The van der Waals surface area contributed by atoms with E-state index in [9.17, 15) is 9.59 Å². The average molecular weight is 548 g/mol. The lowest BCUT2D eigenvalue weighted by molar-refractivity contribution is -0.122. The lowest BCUT2D eigenvalue weighted by Gasteiger charge is -2.36. The Morgan fingerprint density at radius 2 is 1.74 bits per heavy atom. The Kier molecular flexibility index (Phi) is 8.56. The van der Waals surface area contributed by atoms with Crippen molar-refractivity contribution in [1.29, 1.82) is 0 Å². The molecule has 5 rings (SSSR count). The number of hydrogen-bond acceptors (Lipinski definition) is 7. The Morgan fingerprint density at radius 1 is 0.974 bits per heavy atom. The molecule has 0 saturated carbocycles. The number of amides is 1. The molecule has 0 spiro atoms. The molecule has 9 heteroatoms. The van der Waals surface area contributed by atoms with Crippen LogP contribution in [0.5, 0.6) is 0 Å². The molecule has 198 valence electrons. The van der Waals surface area contributed by atoms with Crippen LogP contribution in [-0.2, 0) is 11.3 Å². The molecule has 2 aliphatic heterocycles. The van der Waals surface area contributed by atoms with Crippen LogP contribution in [0.15, 0.2) is 64.4 Å². The predicted molar refractivity (Wildman–Crippen MR) is 159 cm³/mol. The van der Waals surface area contributed by atoms with Crippen molar-refractivity contribution in [2.45, 2.75) is 39.2 Å². The molecule has 0 radical (unpaired) electrons. The first-order valence-electron chi connectivity index (χ1n) is 13.3. The maximum atomic E-state index is 13.7. The zero-order chi connectivity index (χ0) is 26.5. The molecule has 7 nitrogen and oxygen atoms in total. The zero-order valence-corrected chi connectivity index (χ0v) is 23.3. The number of fused-ring (bicyclic) bond motifs is 1. The third-order valence-corrected chi connectivity index (χ3v) is 8.43. The summed E-state index contributed by atoms with van der Waals surface area (Å²) in [6, 6.07) is 16.0. The second-order valence-electron chi connectivity index (χ2n) is 9.73. The van der Waals surface area contributed by atoms with Crippen molar-refractivity contribution in [3.8, 4) is 0 Å². The Labute approximate surface area is 233 Å². The van der Waals surface area contributed by atoms with Gasteiger partial charge in [-0.1, -0.05) is 86.6 Å². The van der Waals surface area contributed by atoms with Gasteiger partial charge in [-0.05, 0) is 30.2 Å². The van der Waals surface area contributed by atoms with E-state index in [4.69, 9.17) is 17.2 Å². The summed E-state index contributed by atoms with van der Waals surface area (Å²) in [6.07, 6.45) is 7.72. The minimum atomic E-state index is -0.175. The lowest BCUT2D eigenvalue weighted by atomic mass is 10.1. The van der Waals surface area contributed by atoms with E-state index in [0.29, 0.717) is 32.8 Å². The van der Waals surface area contributed by atoms with Crippen molar-refractivity contribution in [2.75, 3.05) is 37.6 Å². The van der Waals surface area contributed by atoms with Gasteiger partial charge >= 0.3 is 0 Å². The van der Waals surface area contributed by atoms with Gasteiger partial charge in [0.25, 0.3) is 11.5 Å². The number of carbonyl (C=O) groups is 1. The Hall–Kier alpha value is -3.01. The van der Waals surface area contributed by atoms with Crippen LogP contribution in [0.1, 0.15) is 43.7 Å². The first kappa shape index (κ1) is 26.6. The third kappa shape index (κ3) is 5.85. The summed E-state index contributed by atoms with van der Waals surface area (Å²) < 4.78 is 2.11. The van der Waals surface area contributed by atoms with Crippen LogP contribution in [0.4, 0.5) is 5.82 Å². The number of thioether (sulfide) groups is 1. The van der Waals surface area contributed by atoms with Crippen LogP contribution < -0.4 is 10.5 Å². The molecule has 0 bridgehead atoms. The van der Waals surface area contributed by atoms with Crippen LogP contribution >= 0.6 is 24.0 Å². The van der Waals surface area contributed by atoms with Gasteiger partial charge in [0, 0.05) is 45.5 Å². The molecule has 2 aromatic heterocycles. The molecule has 0 aliphatic carbocycles. The van der Waals surface area contributed by atoms with E-state index >= 15 is 0 Å². The van der Waals surface area contributed by atoms with Gasteiger partial charge in [-0.25, -0.2) is 4.98 Å². The topological polar surface area (TPSA) is 61.2 Å². The molecule has 0 N–H and O–H groups in total. The van der Waals surface area contributed by atoms with Crippen molar-refractivity contribution in [3.63, 3.8) is 0 Å². The standard InChI is InChI=1S/C29H33N5O2S2/c1-2-3-4-9-15-34-28(36)24(38-29(34)37)20-23-26(30-25-13-8-10-14-33(25)27(23)35)32-18-16-31(17-19-32)21-22-11-6-5-7-12-22/h5-8,10-14,20H,2-4,9,15-19,21H2,1H3. The summed E-state index contributed by atoms with van der Waals surface area (Å²) in [5.74, 6) is 0.515. The number of rotatable bonds is 9. The minimum Gasteiger partial charge on any atom is -0.353 e. The monoisotopic (exact) mass is 547 g/mol. The van der Waals surface area contributed by atoms with Crippen LogP contribution in [0.3, 0.4) is 0 Å². The van der Waals surface area contributed by atoms with Gasteiger partial charge in [-0.15, -0.1) is 0 Å². The summed E-state index contributed by atoms with van der Waals surface area (Å²) in [7, 11) is 0. The van der Waals surface area contributed by atoms with E-state index in [0.717, 1.165) is 58.4 Å². The van der Waals surface area contributed by atoms with Gasteiger partial charge in [0.15, 0.2) is 0 Å². The van der Waals surface area contributed by atoms with E-state index < -0.39 is 0 Å². The molecular weight excluding hydrogens is 514 g/mol. The number of thiocarbonyl (C=S) groups is 1. The van der Waals surface area contributed by atoms with Gasteiger partial charge in [0.2, 0.25) is 0 Å². The number of benzene rings is 1. The van der Waals surface area contributed by atoms with E-state index in [1.165, 1.54) is 17.3 Å².